The third-order valence-corrected chi connectivity index (χ3v) is 5.81. The van der Waals surface area contributed by atoms with Gasteiger partial charge in [-0.2, -0.15) is 0 Å². The molecule has 1 heterocycles. The maximum Gasteiger partial charge on any atom is 0.409 e. The topological polar surface area (TPSA) is 84.4 Å². The lowest BCUT2D eigenvalue weighted by Crippen LogP contribution is -2.49. The highest BCUT2D eigenvalue weighted by atomic mass is 127. The van der Waals surface area contributed by atoms with Gasteiger partial charge in [0.15, 0.2) is 5.96 Å². The molecule has 1 amide bonds. The fourth-order valence-corrected chi connectivity index (χ4v) is 4.01. The number of aliphatic imine (C=N–C) groups is 1. The number of rotatable bonds is 6. The van der Waals surface area contributed by atoms with E-state index in [9.17, 15) is 4.79 Å². The molecule has 2 fully saturated rings. The Morgan fingerprint density at radius 3 is 2.48 bits per heavy atom. The smallest absolute Gasteiger partial charge is 0.409 e. The molecule has 9 heteroatoms. The summed E-state index contributed by atoms with van der Waals surface area (Å²) in [5.74, 6) is 2.41. The van der Waals surface area contributed by atoms with Crippen LogP contribution in [-0.4, -0.2) is 63.5 Å². The van der Waals surface area contributed by atoms with Gasteiger partial charge >= 0.3 is 6.09 Å². The van der Waals surface area contributed by atoms with Gasteiger partial charge in [0.1, 0.15) is 11.5 Å². The van der Waals surface area contributed by atoms with Crippen LogP contribution in [0.1, 0.15) is 44.1 Å². The SMILES string of the molecule is CN=C(NCc1ccc(OC)cc1OC1CCCC1)NC1CCN(C(=O)OC)CC1.I. The molecule has 0 atom stereocenters. The van der Waals surface area contributed by atoms with E-state index in [0.29, 0.717) is 19.6 Å². The molecule has 1 aromatic rings. The molecule has 1 saturated carbocycles. The first kappa shape index (κ1) is 25.4. The fourth-order valence-electron chi connectivity index (χ4n) is 4.01. The Morgan fingerprint density at radius 2 is 1.87 bits per heavy atom. The van der Waals surface area contributed by atoms with Crippen LogP contribution in [0.25, 0.3) is 0 Å². The molecule has 1 aromatic carbocycles. The number of ether oxygens (including phenoxy) is 3. The third kappa shape index (κ3) is 7.33. The maximum atomic E-state index is 11.6. The van der Waals surface area contributed by atoms with Crippen molar-refractivity contribution in [3.63, 3.8) is 0 Å². The van der Waals surface area contributed by atoms with E-state index >= 15 is 0 Å². The van der Waals surface area contributed by atoms with Gasteiger partial charge in [0, 0.05) is 44.4 Å². The fraction of sp³-hybridized carbons (Fsp3) is 0.636. The zero-order valence-corrected chi connectivity index (χ0v) is 21.0. The molecule has 2 aliphatic rings. The van der Waals surface area contributed by atoms with Crippen LogP contribution in [-0.2, 0) is 11.3 Å². The van der Waals surface area contributed by atoms with Crippen molar-refractivity contribution in [3.05, 3.63) is 23.8 Å². The minimum absolute atomic E-state index is 0. The number of nitrogens with one attached hydrogen (secondary N) is 2. The lowest BCUT2D eigenvalue weighted by Gasteiger charge is -2.32. The van der Waals surface area contributed by atoms with Crippen LogP contribution in [0.15, 0.2) is 23.2 Å². The number of likely N-dealkylation sites (tertiary alicyclic amines) is 1. The van der Waals surface area contributed by atoms with Crippen LogP contribution in [0.3, 0.4) is 0 Å². The van der Waals surface area contributed by atoms with Gasteiger partial charge in [0.25, 0.3) is 0 Å². The Kier molecular flexibility index (Phi) is 10.5. The van der Waals surface area contributed by atoms with E-state index in [1.807, 2.05) is 18.2 Å². The van der Waals surface area contributed by atoms with E-state index < -0.39 is 0 Å². The number of amides is 1. The molecule has 1 aliphatic carbocycles. The van der Waals surface area contributed by atoms with Crippen molar-refractivity contribution in [2.75, 3.05) is 34.4 Å². The van der Waals surface area contributed by atoms with Gasteiger partial charge in [-0.25, -0.2) is 4.79 Å². The van der Waals surface area contributed by atoms with E-state index in [4.69, 9.17) is 14.2 Å². The average molecular weight is 546 g/mol. The lowest BCUT2D eigenvalue weighted by atomic mass is 10.1. The predicted octanol–water partition coefficient (Wildman–Crippen LogP) is 3.53. The first-order chi connectivity index (χ1) is 14.6. The van der Waals surface area contributed by atoms with Crippen molar-refractivity contribution in [1.29, 1.82) is 0 Å². The van der Waals surface area contributed by atoms with Crippen LogP contribution in [0, 0.1) is 0 Å². The number of hydrogen-bond acceptors (Lipinski definition) is 5. The van der Waals surface area contributed by atoms with Gasteiger partial charge in [0.05, 0.1) is 20.3 Å². The summed E-state index contributed by atoms with van der Waals surface area (Å²) < 4.78 is 16.5. The summed E-state index contributed by atoms with van der Waals surface area (Å²) in [6, 6.07) is 6.23. The summed E-state index contributed by atoms with van der Waals surface area (Å²) in [5, 5.41) is 6.86. The quantitative estimate of drug-likeness (QED) is 0.323. The maximum absolute atomic E-state index is 11.6. The van der Waals surface area contributed by atoms with Gasteiger partial charge < -0.3 is 29.7 Å². The van der Waals surface area contributed by atoms with Crippen molar-refractivity contribution in [3.8, 4) is 11.5 Å². The Hall–Kier alpha value is -1.91. The first-order valence-corrected chi connectivity index (χ1v) is 10.8. The molecular formula is C22H35IN4O4. The molecule has 31 heavy (non-hydrogen) atoms. The molecular weight excluding hydrogens is 511 g/mol. The third-order valence-electron chi connectivity index (χ3n) is 5.81. The largest absolute Gasteiger partial charge is 0.497 e. The van der Waals surface area contributed by atoms with E-state index in [1.54, 1.807) is 19.1 Å². The minimum atomic E-state index is -0.259. The Bertz CT molecular complexity index is 732. The number of benzene rings is 1. The van der Waals surface area contributed by atoms with Crippen LogP contribution in [0.2, 0.25) is 0 Å². The average Bonchev–Trinajstić information content (AvgIpc) is 3.30. The molecule has 2 N–H and O–H groups in total. The lowest BCUT2D eigenvalue weighted by molar-refractivity contribution is 0.111. The second-order valence-electron chi connectivity index (χ2n) is 7.80. The Balaban J connectivity index is 0.00000341. The first-order valence-electron chi connectivity index (χ1n) is 10.8. The Labute approximate surface area is 202 Å². The summed E-state index contributed by atoms with van der Waals surface area (Å²) in [4.78, 5) is 17.7. The summed E-state index contributed by atoms with van der Waals surface area (Å²) >= 11 is 0. The van der Waals surface area contributed by atoms with Crippen LogP contribution in [0.4, 0.5) is 4.79 Å². The van der Waals surface area contributed by atoms with Crippen LogP contribution >= 0.6 is 24.0 Å². The summed E-state index contributed by atoms with van der Waals surface area (Å²) in [7, 11) is 4.86. The highest BCUT2D eigenvalue weighted by Gasteiger charge is 2.24. The Morgan fingerprint density at radius 1 is 1.16 bits per heavy atom. The number of carbonyl (C=O) groups is 1. The molecule has 8 nitrogen and oxygen atoms in total. The van der Waals surface area contributed by atoms with Gasteiger partial charge in [-0.05, 0) is 50.7 Å². The number of nitrogens with zero attached hydrogens (tertiary/aromatic N) is 2. The van der Waals surface area contributed by atoms with Crippen molar-refractivity contribution in [2.45, 2.75) is 57.2 Å². The zero-order valence-electron chi connectivity index (χ0n) is 18.7. The summed E-state index contributed by atoms with van der Waals surface area (Å²) in [6.07, 6.45) is 6.41. The zero-order chi connectivity index (χ0) is 21.3. The molecule has 1 aliphatic heterocycles. The second-order valence-corrected chi connectivity index (χ2v) is 7.80. The van der Waals surface area contributed by atoms with Crippen molar-refractivity contribution in [2.24, 2.45) is 4.99 Å². The van der Waals surface area contributed by atoms with E-state index in [0.717, 1.165) is 48.7 Å². The molecule has 0 bridgehead atoms. The number of methoxy groups -OCH3 is 2. The summed E-state index contributed by atoms with van der Waals surface area (Å²) in [6.45, 7) is 1.96. The van der Waals surface area contributed by atoms with E-state index in [-0.39, 0.29) is 42.2 Å². The standard InChI is InChI=1S/C22H34N4O4.HI/c1-23-21(25-17-10-12-26(13-11-17)22(27)29-3)24-15-16-8-9-19(28-2)14-20(16)30-18-6-4-5-7-18;/h8-9,14,17-18H,4-7,10-13,15H2,1-3H3,(H2,23,24,25);1H. The predicted molar refractivity (Wildman–Crippen MR) is 132 cm³/mol. The highest BCUT2D eigenvalue weighted by Crippen LogP contribution is 2.30. The van der Waals surface area contributed by atoms with Crippen molar-refractivity contribution >= 4 is 36.0 Å². The molecule has 174 valence electrons. The number of guanidine groups is 1. The highest BCUT2D eigenvalue weighted by molar-refractivity contribution is 14.0. The number of carbonyl (C=O) groups excluding carboxylic acids is 1. The van der Waals surface area contributed by atoms with Gasteiger partial charge in [-0.1, -0.05) is 0 Å². The van der Waals surface area contributed by atoms with Crippen molar-refractivity contribution < 1.29 is 19.0 Å². The number of halogens is 1. The molecule has 3 rings (SSSR count). The number of hydrogen-bond donors (Lipinski definition) is 2. The minimum Gasteiger partial charge on any atom is -0.497 e. The van der Waals surface area contributed by atoms with Gasteiger partial charge in [-0.3, -0.25) is 4.99 Å². The molecule has 0 aromatic heterocycles. The molecule has 0 radical (unpaired) electrons. The number of piperidine rings is 1. The van der Waals surface area contributed by atoms with Crippen LogP contribution < -0.4 is 20.1 Å². The molecule has 1 saturated heterocycles. The van der Waals surface area contributed by atoms with E-state index in [2.05, 4.69) is 15.6 Å². The van der Waals surface area contributed by atoms with E-state index in [1.165, 1.54) is 20.0 Å². The molecule has 0 spiro atoms. The van der Waals surface area contributed by atoms with Gasteiger partial charge in [-0.15, -0.1) is 24.0 Å². The van der Waals surface area contributed by atoms with Gasteiger partial charge in [0.2, 0.25) is 0 Å². The molecule has 0 unspecified atom stereocenters. The second kappa shape index (κ2) is 12.8. The monoisotopic (exact) mass is 546 g/mol. The van der Waals surface area contributed by atoms with Crippen molar-refractivity contribution in [1.82, 2.24) is 15.5 Å². The van der Waals surface area contributed by atoms with Crippen LogP contribution in [0.5, 0.6) is 11.5 Å². The normalized spacial score (nSPS) is 17.6. The summed E-state index contributed by atoms with van der Waals surface area (Å²) in [5.41, 5.74) is 1.08.